The minimum atomic E-state index is 0.467. The molecule has 4 rings (SSSR count). The highest BCUT2D eigenvalue weighted by atomic mass is 35.5. The summed E-state index contributed by atoms with van der Waals surface area (Å²) in [6.45, 7) is 2.01. The minimum absolute atomic E-state index is 0.467. The molecule has 0 spiro atoms. The lowest BCUT2D eigenvalue weighted by Gasteiger charge is -2.12. The van der Waals surface area contributed by atoms with Crippen molar-refractivity contribution in [1.29, 1.82) is 0 Å². The van der Waals surface area contributed by atoms with Gasteiger partial charge in [-0.25, -0.2) is 4.98 Å². The van der Waals surface area contributed by atoms with Crippen LogP contribution >= 0.6 is 11.6 Å². The predicted molar refractivity (Wildman–Crippen MR) is 101 cm³/mol. The van der Waals surface area contributed by atoms with Crippen LogP contribution in [0.3, 0.4) is 0 Å². The first kappa shape index (κ1) is 15.8. The van der Waals surface area contributed by atoms with Crippen LogP contribution in [0, 0.1) is 6.92 Å². The van der Waals surface area contributed by atoms with Crippen molar-refractivity contribution in [2.24, 2.45) is 0 Å². The Kier molecular flexibility index (Phi) is 4.24. The fraction of sp³-hybridized carbons (Fsp3) is 0.211. The Morgan fingerprint density at radius 1 is 1.04 bits per heavy atom. The number of nitrogens with zero attached hydrogens (tertiary/aromatic N) is 3. The van der Waals surface area contributed by atoms with E-state index in [1.807, 2.05) is 49.4 Å². The number of hydrogen-bond acceptors (Lipinski definition) is 5. The van der Waals surface area contributed by atoms with Gasteiger partial charge >= 0.3 is 0 Å². The molecule has 1 saturated carbocycles. The highest BCUT2D eigenvalue weighted by molar-refractivity contribution is 6.33. The van der Waals surface area contributed by atoms with Crippen LogP contribution in [0.4, 0.5) is 17.5 Å². The van der Waals surface area contributed by atoms with Crippen molar-refractivity contribution in [3.63, 3.8) is 0 Å². The summed E-state index contributed by atoms with van der Waals surface area (Å²) < 4.78 is 0. The highest BCUT2D eigenvalue weighted by Gasteiger charge is 2.22. The molecule has 1 fully saturated rings. The van der Waals surface area contributed by atoms with Crippen molar-refractivity contribution in [3.05, 3.63) is 59.2 Å². The fourth-order valence-corrected chi connectivity index (χ4v) is 2.77. The molecule has 25 heavy (non-hydrogen) atoms. The summed E-state index contributed by atoms with van der Waals surface area (Å²) in [5, 5.41) is 7.31. The monoisotopic (exact) mass is 351 g/mol. The second kappa shape index (κ2) is 6.69. The van der Waals surface area contributed by atoms with E-state index in [-0.39, 0.29) is 0 Å². The summed E-state index contributed by atoms with van der Waals surface area (Å²) in [6.07, 6.45) is 4.07. The Bertz CT molecular complexity index is 894. The first-order chi connectivity index (χ1) is 12.2. The van der Waals surface area contributed by atoms with Crippen LogP contribution in [0.25, 0.3) is 11.4 Å². The van der Waals surface area contributed by atoms with Crippen molar-refractivity contribution in [2.45, 2.75) is 25.8 Å². The van der Waals surface area contributed by atoms with Crippen molar-refractivity contribution in [3.8, 4) is 11.4 Å². The number of pyridine rings is 1. The van der Waals surface area contributed by atoms with Gasteiger partial charge in [-0.1, -0.05) is 23.7 Å². The smallest absolute Gasteiger partial charge is 0.225 e. The van der Waals surface area contributed by atoms with Crippen LogP contribution in [0.2, 0.25) is 5.02 Å². The number of hydrogen-bond donors (Lipinski definition) is 2. The predicted octanol–water partition coefficient (Wildman–Crippen LogP) is 4.82. The summed E-state index contributed by atoms with van der Waals surface area (Å²) in [5.41, 5.74) is 3.50. The molecule has 1 aromatic carbocycles. The first-order valence-electron chi connectivity index (χ1n) is 8.27. The summed E-state index contributed by atoms with van der Waals surface area (Å²) in [6, 6.07) is 14.0. The lowest BCUT2D eigenvalue weighted by atomic mass is 10.2. The minimum Gasteiger partial charge on any atom is -0.351 e. The van der Waals surface area contributed by atoms with Gasteiger partial charge in [0.1, 0.15) is 5.82 Å². The summed E-state index contributed by atoms with van der Waals surface area (Å²) >= 11 is 6.34. The molecule has 0 amide bonds. The second-order valence-electron chi connectivity index (χ2n) is 6.20. The Morgan fingerprint density at radius 3 is 2.64 bits per heavy atom. The van der Waals surface area contributed by atoms with Gasteiger partial charge in [-0.2, -0.15) is 4.98 Å². The van der Waals surface area contributed by atoms with Gasteiger partial charge in [0.2, 0.25) is 5.95 Å². The van der Waals surface area contributed by atoms with E-state index in [0.29, 0.717) is 22.8 Å². The van der Waals surface area contributed by atoms with Crippen LogP contribution in [0.5, 0.6) is 0 Å². The van der Waals surface area contributed by atoms with Crippen LogP contribution in [0.1, 0.15) is 18.4 Å². The van der Waals surface area contributed by atoms with Gasteiger partial charge in [-0.15, -0.1) is 0 Å². The van der Waals surface area contributed by atoms with Crippen molar-refractivity contribution in [2.75, 3.05) is 10.6 Å². The first-order valence-corrected chi connectivity index (χ1v) is 8.65. The van der Waals surface area contributed by atoms with Gasteiger partial charge in [0.05, 0.1) is 22.1 Å². The van der Waals surface area contributed by atoms with Gasteiger partial charge in [-0.05, 0) is 49.6 Å². The lowest BCUT2D eigenvalue weighted by molar-refractivity contribution is 1.05. The maximum absolute atomic E-state index is 6.34. The Labute approximate surface area is 151 Å². The van der Waals surface area contributed by atoms with Gasteiger partial charge < -0.3 is 10.6 Å². The molecule has 0 unspecified atom stereocenters. The SMILES string of the molecule is Cc1ccc(Nc2cc(-c3ccccn3)nc(NC3CC3)n2)c(Cl)c1. The van der Waals surface area contributed by atoms with Crippen LogP contribution in [-0.4, -0.2) is 21.0 Å². The number of benzene rings is 1. The molecule has 6 heteroatoms. The van der Waals surface area contributed by atoms with E-state index < -0.39 is 0 Å². The average Bonchev–Trinajstić information content (AvgIpc) is 3.42. The maximum atomic E-state index is 6.34. The van der Waals surface area contributed by atoms with Gasteiger partial charge in [0, 0.05) is 18.3 Å². The molecule has 0 radical (unpaired) electrons. The molecule has 0 atom stereocenters. The van der Waals surface area contributed by atoms with Gasteiger partial charge in [-0.3, -0.25) is 4.98 Å². The summed E-state index contributed by atoms with van der Waals surface area (Å²) in [4.78, 5) is 13.6. The van der Waals surface area contributed by atoms with Crippen molar-refractivity contribution < 1.29 is 0 Å². The van der Waals surface area contributed by atoms with Gasteiger partial charge in [0.15, 0.2) is 0 Å². The average molecular weight is 352 g/mol. The molecule has 5 nitrogen and oxygen atoms in total. The van der Waals surface area contributed by atoms with E-state index in [0.717, 1.165) is 35.5 Å². The number of anilines is 3. The summed E-state index contributed by atoms with van der Waals surface area (Å²) in [5.74, 6) is 1.29. The molecule has 2 heterocycles. The second-order valence-corrected chi connectivity index (χ2v) is 6.61. The lowest BCUT2D eigenvalue weighted by Crippen LogP contribution is -2.08. The Morgan fingerprint density at radius 2 is 1.92 bits per heavy atom. The molecular formula is C19H18ClN5. The molecule has 0 saturated heterocycles. The van der Waals surface area contributed by atoms with Crippen LogP contribution in [-0.2, 0) is 0 Å². The van der Waals surface area contributed by atoms with E-state index in [2.05, 4.69) is 25.6 Å². The topological polar surface area (TPSA) is 62.7 Å². The molecule has 2 N–H and O–H groups in total. The van der Waals surface area contributed by atoms with Crippen LogP contribution < -0.4 is 10.6 Å². The van der Waals surface area contributed by atoms with E-state index in [9.17, 15) is 0 Å². The van der Waals surface area contributed by atoms with E-state index in [4.69, 9.17) is 11.6 Å². The maximum Gasteiger partial charge on any atom is 0.225 e. The van der Waals surface area contributed by atoms with Crippen molar-refractivity contribution >= 4 is 29.1 Å². The zero-order valence-corrected chi connectivity index (χ0v) is 14.6. The number of nitrogens with one attached hydrogen (secondary N) is 2. The van der Waals surface area contributed by atoms with E-state index in [1.54, 1.807) is 6.20 Å². The largest absolute Gasteiger partial charge is 0.351 e. The summed E-state index contributed by atoms with van der Waals surface area (Å²) in [7, 11) is 0. The molecule has 2 aromatic heterocycles. The third-order valence-electron chi connectivity index (χ3n) is 3.95. The van der Waals surface area contributed by atoms with Crippen molar-refractivity contribution in [1.82, 2.24) is 15.0 Å². The zero-order chi connectivity index (χ0) is 17.2. The quantitative estimate of drug-likeness (QED) is 0.690. The normalized spacial score (nSPS) is 13.5. The molecule has 0 bridgehead atoms. The number of aromatic nitrogens is 3. The van der Waals surface area contributed by atoms with Crippen LogP contribution in [0.15, 0.2) is 48.7 Å². The molecule has 1 aliphatic rings. The highest BCUT2D eigenvalue weighted by Crippen LogP contribution is 2.29. The third-order valence-corrected chi connectivity index (χ3v) is 4.26. The number of rotatable bonds is 5. The van der Waals surface area contributed by atoms with E-state index in [1.165, 1.54) is 0 Å². The molecular weight excluding hydrogens is 334 g/mol. The molecule has 126 valence electrons. The number of aryl methyl sites for hydroxylation is 1. The molecule has 0 aliphatic heterocycles. The van der Waals surface area contributed by atoms with Gasteiger partial charge in [0.25, 0.3) is 0 Å². The number of halogens is 1. The zero-order valence-electron chi connectivity index (χ0n) is 13.8. The fourth-order valence-electron chi connectivity index (χ4n) is 2.49. The third kappa shape index (κ3) is 3.88. The molecule has 3 aromatic rings. The molecule has 1 aliphatic carbocycles. The Hall–Kier alpha value is -2.66. The van der Waals surface area contributed by atoms with E-state index >= 15 is 0 Å². The standard InChI is InChI=1S/C19H18ClN5/c1-12-5-8-15(14(20)10-12)23-18-11-17(16-4-2-3-9-21-16)24-19(25-18)22-13-6-7-13/h2-5,8-11,13H,6-7H2,1H3,(H2,22,23,24,25). The Balaban J connectivity index is 1.70.